The van der Waals surface area contributed by atoms with Gasteiger partial charge in [0.05, 0.1) is 5.60 Å². The van der Waals surface area contributed by atoms with Crippen LogP contribution in [0.5, 0.6) is 0 Å². The third kappa shape index (κ3) is 3.37. The first-order valence-electron chi connectivity index (χ1n) is 9.03. The Morgan fingerprint density at radius 3 is 2.52 bits per heavy atom. The van der Waals surface area contributed by atoms with Crippen molar-refractivity contribution in [3.05, 3.63) is 32.6 Å². The highest BCUT2D eigenvalue weighted by Gasteiger charge is 2.68. The van der Waals surface area contributed by atoms with Crippen LogP contribution in [-0.2, 0) is 9.16 Å². The fourth-order valence-electron chi connectivity index (χ4n) is 4.06. The van der Waals surface area contributed by atoms with Crippen molar-refractivity contribution in [1.82, 2.24) is 9.55 Å². The first-order valence-corrected chi connectivity index (χ1v) is 11.2. The van der Waals surface area contributed by atoms with E-state index in [-0.39, 0.29) is 6.42 Å². The number of H-pyrrole nitrogens is 1. The molecule has 0 spiro atoms. The molecule has 2 N–H and O–H groups in total. The molecule has 0 aromatic carbocycles. The molecule has 9 heteroatoms. The Bertz CT molecular complexity index is 819. The number of thioether (sulfide) groups is 1. The van der Waals surface area contributed by atoms with E-state index < -0.39 is 39.7 Å². The number of hydrogen-bond acceptors (Lipinski definition) is 6. The van der Waals surface area contributed by atoms with Gasteiger partial charge >= 0.3 is 5.69 Å². The van der Waals surface area contributed by atoms with Crippen molar-refractivity contribution in [2.24, 2.45) is 5.41 Å². The summed E-state index contributed by atoms with van der Waals surface area (Å²) in [4.78, 5) is 26.5. The summed E-state index contributed by atoms with van der Waals surface area (Å²) in [6.45, 7) is 11.4. The fraction of sp³-hybridized carbons (Fsp3) is 0.778. The zero-order valence-electron chi connectivity index (χ0n) is 17.5. The molecule has 2 rings (SSSR count). The van der Waals surface area contributed by atoms with Crippen molar-refractivity contribution >= 4 is 22.2 Å². The van der Waals surface area contributed by atoms with Gasteiger partial charge in [0.25, 0.3) is 5.56 Å². The summed E-state index contributed by atoms with van der Waals surface area (Å²) in [5, 5.41) is 11.9. The first-order chi connectivity index (χ1) is 12.3. The second kappa shape index (κ2) is 7.18. The SMILES string of the molecule is CSCC(C)(O[SiH3])[C@@]1(C)O[C@@H](n2cc(C)c(=O)[nH]c2=O)C[C@@]1(O)C(C)(C)C. The van der Waals surface area contributed by atoms with Gasteiger partial charge in [-0.1, -0.05) is 20.8 Å². The smallest absolute Gasteiger partial charge is 0.330 e. The molecule has 0 amide bonds. The Kier molecular flexibility index (Phi) is 5.96. The lowest BCUT2D eigenvalue weighted by Crippen LogP contribution is -2.68. The predicted octanol–water partition coefficient (Wildman–Crippen LogP) is 0.719. The Morgan fingerprint density at radius 1 is 1.44 bits per heavy atom. The van der Waals surface area contributed by atoms with Crippen molar-refractivity contribution in [3.8, 4) is 0 Å². The molecule has 1 aromatic rings. The lowest BCUT2D eigenvalue weighted by Gasteiger charge is -2.54. The molecular formula is C18H32N2O5SSi. The Hall–Kier alpha value is -0.873. The molecule has 27 heavy (non-hydrogen) atoms. The number of rotatable bonds is 5. The van der Waals surface area contributed by atoms with Crippen LogP contribution in [0.3, 0.4) is 0 Å². The molecule has 1 unspecified atom stereocenters. The minimum atomic E-state index is -1.26. The van der Waals surface area contributed by atoms with E-state index in [0.717, 1.165) is 0 Å². The number of ether oxygens (including phenoxy) is 1. The number of hydrogen-bond donors (Lipinski definition) is 2. The van der Waals surface area contributed by atoms with E-state index in [2.05, 4.69) is 4.98 Å². The Labute approximate surface area is 167 Å². The van der Waals surface area contributed by atoms with Crippen LogP contribution >= 0.6 is 11.8 Å². The summed E-state index contributed by atoms with van der Waals surface area (Å²) in [6, 6.07) is 0. The standard InChI is InChI=1S/C18H32N2O5SSi/c1-11-9-20(14(22)19-13(11)21)12-8-18(23,15(2,3)4)17(6,24-12)16(5,25-27)10-26-7/h9,12,23H,8,10H2,1-7,27H3,(H,19,21,22)/t12-,16?,17-,18-/m1/s1. The Morgan fingerprint density at radius 2 is 2.04 bits per heavy atom. The second-order valence-electron chi connectivity index (χ2n) is 8.77. The van der Waals surface area contributed by atoms with Crippen LogP contribution in [-0.4, -0.2) is 54.0 Å². The van der Waals surface area contributed by atoms with Gasteiger partial charge in [-0.25, -0.2) is 4.79 Å². The van der Waals surface area contributed by atoms with Gasteiger partial charge < -0.3 is 14.3 Å². The van der Waals surface area contributed by atoms with Gasteiger partial charge in [0.2, 0.25) is 0 Å². The summed E-state index contributed by atoms with van der Waals surface area (Å²) < 4.78 is 13.8. The summed E-state index contributed by atoms with van der Waals surface area (Å²) in [5.74, 6) is 0.637. The van der Waals surface area contributed by atoms with E-state index in [1.807, 2.05) is 40.9 Å². The van der Waals surface area contributed by atoms with Crippen LogP contribution in [0, 0.1) is 12.3 Å². The molecule has 2 heterocycles. The van der Waals surface area contributed by atoms with E-state index in [4.69, 9.17) is 9.16 Å². The summed E-state index contributed by atoms with van der Waals surface area (Å²) in [6.07, 6.45) is 2.99. The fourth-order valence-corrected chi connectivity index (χ4v) is 5.75. The highest BCUT2D eigenvalue weighted by atomic mass is 32.2. The van der Waals surface area contributed by atoms with E-state index in [0.29, 0.717) is 21.8 Å². The normalized spacial score (nSPS) is 31.2. The molecule has 0 aliphatic carbocycles. The van der Waals surface area contributed by atoms with Crippen LogP contribution < -0.4 is 11.2 Å². The number of aryl methyl sites for hydroxylation is 1. The molecule has 0 bridgehead atoms. The molecule has 1 saturated heterocycles. The molecule has 1 aliphatic heterocycles. The van der Waals surface area contributed by atoms with Crippen molar-refractivity contribution in [1.29, 1.82) is 0 Å². The van der Waals surface area contributed by atoms with Gasteiger partial charge in [0, 0.05) is 23.9 Å². The molecule has 154 valence electrons. The number of nitrogens with one attached hydrogen (secondary N) is 1. The van der Waals surface area contributed by atoms with Gasteiger partial charge in [-0.2, -0.15) is 11.8 Å². The van der Waals surface area contributed by atoms with Crippen LogP contribution in [0.4, 0.5) is 0 Å². The maximum atomic E-state index is 12.4. The van der Waals surface area contributed by atoms with Crippen LogP contribution in [0.2, 0.25) is 0 Å². The molecule has 1 aliphatic rings. The molecule has 0 radical (unpaired) electrons. The second-order valence-corrected chi connectivity index (χ2v) is 10.0. The number of aromatic amines is 1. The average Bonchev–Trinajstić information content (AvgIpc) is 2.85. The van der Waals surface area contributed by atoms with Gasteiger partial charge in [-0.05, 0) is 32.4 Å². The molecule has 0 saturated carbocycles. The lowest BCUT2D eigenvalue weighted by molar-refractivity contribution is -0.236. The maximum Gasteiger partial charge on any atom is 0.330 e. The van der Waals surface area contributed by atoms with Gasteiger partial charge in [0.15, 0.2) is 0 Å². The number of aromatic nitrogens is 2. The van der Waals surface area contributed by atoms with Gasteiger partial charge in [0.1, 0.15) is 27.9 Å². The molecule has 1 aromatic heterocycles. The molecule has 4 atom stereocenters. The monoisotopic (exact) mass is 416 g/mol. The number of aliphatic hydroxyl groups is 1. The summed E-state index contributed by atoms with van der Waals surface area (Å²) >= 11 is 1.62. The van der Waals surface area contributed by atoms with E-state index in [9.17, 15) is 14.7 Å². The third-order valence-corrected chi connectivity index (χ3v) is 7.95. The predicted molar refractivity (Wildman–Crippen MR) is 111 cm³/mol. The summed E-state index contributed by atoms with van der Waals surface area (Å²) in [7, 11) is 0.483. The Balaban J connectivity index is 2.66. The average molecular weight is 417 g/mol. The minimum absolute atomic E-state index is 0.216. The first kappa shape index (κ1) is 22.4. The highest BCUT2D eigenvalue weighted by molar-refractivity contribution is 7.98. The van der Waals surface area contributed by atoms with Crippen LogP contribution in [0.15, 0.2) is 15.8 Å². The molecule has 1 fully saturated rings. The van der Waals surface area contributed by atoms with Crippen LogP contribution in [0.1, 0.15) is 52.8 Å². The number of nitrogens with zero attached hydrogens (tertiary/aromatic N) is 1. The molecular weight excluding hydrogens is 384 g/mol. The van der Waals surface area contributed by atoms with Gasteiger partial charge in [-0.3, -0.25) is 14.3 Å². The van der Waals surface area contributed by atoms with Crippen molar-refractivity contribution < 1.29 is 14.3 Å². The quantitative estimate of drug-likeness (QED) is 0.687. The third-order valence-electron chi connectivity index (χ3n) is 6.21. The lowest BCUT2D eigenvalue weighted by atomic mass is 9.61. The zero-order valence-corrected chi connectivity index (χ0v) is 20.3. The topological polar surface area (TPSA) is 93.5 Å². The van der Waals surface area contributed by atoms with E-state index >= 15 is 0 Å². The van der Waals surface area contributed by atoms with E-state index in [1.165, 1.54) is 10.8 Å². The highest BCUT2D eigenvalue weighted by Crippen LogP contribution is 2.57. The maximum absolute atomic E-state index is 12.4. The largest absolute Gasteiger partial charge is 0.419 e. The van der Waals surface area contributed by atoms with Crippen molar-refractivity contribution in [3.63, 3.8) is 0 Å². The van der Waals surface area contributed by atoms with E-state index in [1.54, 1.807) is 18.7 Å². The zero-order chi connectivity index (χ0) is 20.8. The molecule has 7 nitrogen and oxygen atoms in total. The summed E-state index contributed by atoms with van der Waals surface area (Å²) in [5.41, 5.74) is -4.14. The van der Waals surface area contributed by atoms with Gasteiger partial charge in [-0.15, -0.1) is 0 Å². The minimum Gasteiger partial charge on any atom is -0.419 e. The van der Waals surface area contributed by atoms with Crippen molar-refractivity contribution in [2.75, 3.05) is 12.0 Å². The van der Waals surface area contributed by atoms with Crippen molar-refractivity contribution in [2.45, 2.75) is 71.0 Å². The van der Waals surface area contributed by atoms with Crippen LogP contribution in [0.25, 0.3) is 0 Å².